The molecule has 0 fully saturated rings. The molecule has 0 amide bonds. The largest absolute Gasteiger partial charge is 0.490 e. The Morgan fingerprint density at radius 1 is 0.897 bits per heavy atom. The Bertz CT molecular complexity index is 1050. The van der Waals surface area contributed by atoms with Crippen molar-refractivity contribution in [1.82, 2.24) is 0 Å². The van der Waals surface area contributed by atoms with Gasteiger partial charge >= 0.3 is 0 Å². The first-order valence-electron chi connectivity index (χ1n) is 9.66. The van der Waals surface area contributed by atoms with Gasteiger partial charge in [0, 0.05) is 11.1 Å². The van der Waals surface area contributed by atoms with E-state index in [1.807, 2.05) is 37.3 Å². The number of ether oxygens (including phenoxy) is 1. The van der Waals surface area contributed by atoms with Crippen LogP contribution in [0.25, 0.3) is 22.4 Å². The Balaban J connectivity index is 1.83. The molecule has 0 aromatic heterocycles. The molecule has 3 heteroatoms. The van der Waals surface area contributed by atoms with Gasteiger partial charge in [-0.1, -0.05) is 67.3 Å². The third-order valence-electron chi connectivity index (χ3n) is 4.67. The number of rotatable bonds is 8. The lowest BCUT2D eigenvalue weighted by molar-refractivity contribution is 0.364. The summed E-state index contributed by atoms with van der Waals surface area (Å²) in [4.78, 5) is 0. The minimum Gasteiger partial charge on any atom is -0.490 e. The maximum absolute atomic E-state index is 14.8. The van der Waals surface area contributed by atoms with Crippen LogP contribution < -0.4 is 4.74 Å². The Morgan fingerprint density at radius 3 is 2.28 bits per heavy atom. The van der Waals surface area contributed by atoms with Crippen molar-refractivity contribution in [3.8, 4) is 5.75 Å². The summed E-state index contributed by atoms with van der Waals surface area (Å²) in [6.07, 6.45) is 7.57. The molecule has 29 heavy (non-hydrogen) atoms. The fourth-order valence-corrected chi connectivity index (χ4v) is 3.09. The number of hydrogen-bond donors (Lipinski definition) is 0. The SMILES string of the molecule is C=CCOc1ccc2cc(C(F)=C(F)c3ccc(CC/C=C/C)cc3)ccc2c1. The highest BCUT2D eigenvalue weighted by atomic mass is 19.2. The van der Waals surface area contributed by atoms with Gasteiger partial charge < -0.3 is 4.74 Å². The van der Waals surface area contributed by atoms with E-state index < -0.39 is 11.7 Å². The summed E-state index contributed by atoms with van der Waals surface area (Å²) in [5.41, 5.74) is 1.55. The van der Waals surface area contributed by atoms with Crippen LogP contribution in [0.2, 0.25) is 0 Å². The van der Waals surface area contributed by atoms with Gasteiger partial charge in [-0.2, -0.15) is 0 Å². The summed E-state index contributed by atoms with van der Waals surface area (Å²) < 4.78 is 35.0. The molecule has 0 heterocycles. The van der Waals surface area contributed by atoms with Gasteiger partial charge in [-0.15, -0.1) is 0 Å². The maximum Gasteiger partial charge on any atom is 0.166 e. The Hall–Kier alpha value is -3.20. The highest BCUT2D eigenvalue weighted by molar-refractivity contribution is 5.90. The molecular formula is C26H24F2O. The van der Waals surface area contributed by atoms with Crippen LogP contribution in [0.4, 0.5) is 8.78 Å². The van der Waals surface area contributed by atoms with Gasteiger partial charge in [-0.25, -0.2) is 8.78 Å². The van der Waals surface area contributed by atoms with Crippen molar-refractivity contribution in [1.29, 1.82) is 0 Å². The molecule has 3 aromatic carbocycles. The van der Waals surface area contributed by atoms with Crippen LogP contribution in [-0.2, 0) is 6.42 Å². The normalized spacial score (nSPS) is 12.2. The molecule has 0 N–H and O–H groups in total. The minimum absolute atomic E-state index is 0.215. The van der Waals surface area contributed by atoms with Crippen LogP contribution in [0.15, 0.2) is 85.5 Å². The van der Waals surface area contributed by atoms with Crippen molar-refractivity contribution < 1.29 is 13.5 Å². The lowest BCUT2D eigenvalue weighted by atomic mass is 10.0. The Kier molecular flexibility index (Phi) is 6.96. The van der Waals surface area contributed by atoms with E-state index in [0.717, 1.165) is 29.2 Å². The third-order valence-corrected chi connectivity index (χ3v) is 4.67. The van der Waals surface area contributed by atoms with Gasteiger partial charge in [0.05, 0.1) is 0 Å². The fourth-order valence-electron chi connectivity index (χ4n) is 3.09. The van der Waals surface area contributed by atoms with Gasteiger partial charge in [0.25, 0.3) is 0 Å². The van der Waals surface area contributed by atoms with E-state index in [1.165, 1.54) is 0 Å². The van der Waals surface area contributed by atoms with Gasteiger partial charge in [0.2, 0.25) is 0 Å². The summed E-state index contributed by atoms with van der Waals surface area (Å²) in [6.45, 7) is 6.02. The summed E-state index contributed by atoms with van der Waals surface area (Å²) in [5.74, 6) is -1.00. The van der Waals surface area contributed by atoms with Crippen molar-refractivity contribution in [2.45, 2.75) is 19.8 Å². The van der Waals surface area contributed by atoms with Crippen LogP contribution in [-0.4, -0.2) is 6.61 Å². The molecule has 0 aliphatic heterocycles. The summed E-state index contributed by atoms with van der Waals surface area (Å²) >= 11 is 0. The van der Waals surface area contributed by atoms with Gasteiger partial charge in [0.15, 0.2) is 11.7 Å². The van der Waals surface area contributed by atoms with E-state index >= 15 is 0 Å². The first kappa shape index (κ1) is 20.5. The second-order valence-electron chi connectivity index (χ2n) is 6.76. The van der Waals surface area contributed by atoms with Gasteiger partial charge in [-0.05, 0) is 54.3 Å². The molecular weight excluding hydrogens is 366 g/mol. The van der Waals surface area contributed by atoms with Crippen LogP contribution >= 0.6 is 0 Å². The molecule has 1 nitrogen and oxygen atoms in total. The molecule has 148 valence electrons. The maximum atomic E-state index is 14.8. The van der Waals surface area contributed by atoms with Crippen molar-refractivity contribution in [2.75, 3.05) is 6.61 Å². The molecule has 0 aliphatic rings. The van der Waals surface area contributed by atoms with Crippen LogP contribution in [0.3, 0.4) is 0 Å². The molecule has 0 aliphatic carbocycles. The number of hydrogen-bond acceptors (Lipinski definition) is 1. The highest BCUT2D eigenvalue weighted by Crippen LogP contribution is 2.31. The molecule has 0 unspecified atom stereocenters. The molecule has 0 saturated carbocycles. The van der Waals surface area contributed by atoms with Crippen LogP contribution in [0, 0.1) is 0 Å². The summed E-state index contributed by atoms with van der Waals surface area (Å²) in [7, 11) is 0. The zero-order valence-electron chi connectivity index (χ0n) is 16.5. The van der Waals surface area contributed by atoms with E-state index in [2.05, 4.69) is 12.7 Å². The smallest absolute Gasteiger partial charge is 0.166 e. The monoisotopic (exact) mass is 390 g/mol. The molecule has 3 rings (SSSR count). The summed E-state index contributed by atoms with van der Waals surface area (Å²) in [5, 5.41) is 1.71. The van der Waals surface area contributed by atoms with E-state index in [1.54, 1.807) is 42.5 Å². The van der Waals surface area contributed by atoms with Gasteiger partial charge in [0.1, 0.15) is 12.4 Å². The second kappa shape index (κ2) is 9.83. The number of fused-ring (bicyclic) bond motifs is 1. The van der Waals surface area contributed by atoms with Crippen LogP contribution in [0.1, 0.15) is 30.0 Å². The Morgan fingerprint density at radius 2 is 1.55 bits per heavy atom. The molecule has 0 radical (unpaired) electrons. The van der Waals surface area contributed by atoms with Gasteiger partial charge in [-0.3, -0.25) is 0 Å². The van der Waals surface area contributed by atoms with Crippen molar-refractivity contribution in [3.05, 3.63) is 102 Å². The number of benzene rings is 3. The average molecular weight is 390 g/mol. The predicted molar refractivity (Wildman–Crippen MR) is 118 cm³/mol. The van der Waals surface area contributed by atoms with E-state index in [9.17, 15) is 8.78 Å². The standard InChI is InChI=1S/C26H24F2O/c1-3-5-6-7-19-8-10-20(11-9-19)25(27)26(28)23-13-12-22-18-24(29-16-4-2)15-14-21(22)17-23/h3-5,8-15,17-18H,2,6-7,16H2,1H3/b5-3+,26-25?. The lowest BCUT2D eigenvalue weighted by Gasteiger charge is -2.07. The first-order chi connectivity index (χ1) is 14.1. The third kappa shape index (κ3) is 5.20. The van der Waals surface area contributed by atoms with Crippen molar-refractivity contribution in [2.24, 2.45) is 0 Å². The van der Waals surface area contributed by atoms with E-state index in [-0.39, 0.29) is 11.1 Å². The second-order valence-corrected chi connectivity index (χ2v) is 6.76. The number of aryl methyl sites for hydroxylation is 1. The lowest BCUT2D eigenvalue weighted by Crippen LogP contribution is -1.92. The minimum atomic E-state index is -0.861. The predicted octanol–water partition coefficient (Wildman–Crippen LogP) is 7.68. The quantitative estimate of drug-likeness (QED) is 0.283. The van der Waals surface area contributed by atoms with Crippen LogP contribution in [0.5, 0.6) is 5.75 Å². The zero-order valence-corrected chi connectivity index (χ0v) is 16.5. The highest BCUT2D eigenvalue weighted by Gasteiger charge is 2.12. The molecule has 0 spiro atoms. The fraction of sp³-hybridized carbons (Fsp3) is 0.154. The number of halogens is 2. The molecule has 0 saturated heterocycles. The number of allylic oxidation sites excluding steroid dienone is 2. The Labute approximate surface area is 170 Å². The first-order valence-corrected chi connectivity index (χ1v) is 9.66. The van der Waals surface area contributed by atoms with Crippen molar-refractivity contribution in [3.63, 3.8) is 0 Å². The molecule has 0 bridgehead atoms. The van der Waals surface area contributed by atoms with E-state index in [0.29, 0.717) is 12.4 Å². The topological polar surface area (TPSA) is 9.23 Å². The summed E-state index contributed by atoms with van der Waals surface area (Å²) in [6, 6.07) is 17.5. The van der Waals surface area contributed by atoms with E-state index in [4.69, 9.17) is 4.74 Å². The molecule has 0 atom stereocenters. The zero-order chi connectivity index (χ0) is 20.6. The molecule has 3 aromatic rings. The van der Waals surface area contributed by atoms with Crippen molar-refractivity contribution >= 4 is 22.4 Å². The average Bonchev–Trinajstić information content (AvgIpc) is 2.77.